The van der Waals surface area contributed by atoms with E-state index in [2.05, 4.69) is 22.1 Å². The second-order valence-electron chi connectivity index (χ2n) is 7.11. The number of hydrogen-bond acceptors (Lipinski definition) is 5. The van der Waals surface area contributed by atoms with Gasteiger partial charge in [-0.15, -0.1) is 6.58 Å². The molecule has 0 atom stereocenters. The Kier molecular flexibility index (Phi) is 8.54. The molecule has 0 aliphatic rings. The molecule has 1 heterocycles. The van der Waals surface area contributed by atoms with Gasteiger partial charge in [0.1, 0.15) is 12.4 Å². The van der Waals surface area contributed by atoms with Crippen molar-refractivity contribution >= 4 is 23.6 Å². The summed E-state index contributed by atoms with van der Waals surface area (Å²) < 4.78 is 49.9. The number of halogens is 4. The molecule has 5 nitrogen and oxygen atoms in total. The van der Waals surface area contributed by atoms with Crippen molar-refractivity contribution in [1.29, 1.82) is 0 Å². The lowest BCUT2D eigenvalue weighted by Gasteiger charge is -2.17. The highest BCUT2D eigenvalue weighted by molar-refractivity contribution is 6.31. The Morgan fingerprint density at radius 3 is 2.56 bits per heavy atom. The van der Waals surface area contributed by atoms with Crippen LogP contribution in [0.3, 0.4) is 0 Å². The van der Waals surface area contributed by atoms with Crippen LogP contribution in [0.2, 0.25) is 5.02 Å². The van der Waals surface area contributed by atoms with Gasteiger partial charge in [0.05, 0.1) is 18.4 Å². The van der Waals surface area contributed by atoms with E-state index in [4.69, 9.17) is 21.1 Å². The summed E-state index contributed by atoms with van der Waals surface area (Å²) in [5, 5.41) is 4.69. The van der Waals surface area contributed by atoms with Crippen LogP contribution in [0.1, 0.15) is 29.2 Å². The van der Waals surface area contributed by atoms with Crippen LogP contribution in [0.25, 0.3) is 0 Å². The quantitative estimate of drug-likeness (QED) is 0.191. The van der Waals surface area contributed by atoms with Gasteiger partial charge in [0.2, 0.25) is 0 Å². The molecule has 3 aromatic rings. The molecule has 9 heteroatoms. The molecule has 0 unspecified atom stereocenters. The van der Waals surface area contributed by atoms with Crippen molar-refractivity contribution in [1.82, 2.24) is 4.98 Å². The largest absolute Gasteiger partial charge is 0.490 e. The summed E-state index contributed by atoms with van der Waals surface area (Å²) in [6.45, 7) is 6.36. The molecule has 0 aliphatic carbocycles. The number of hydrogen-bond donors (Lipinski definition) is 1. The highest BCUT2D eigenvalue weighted by Gasteiger charge is 2.30. The number of pyridine rings is 1. The topological polar surface area (TPSA) is 55.7 Å². The molecule has 0 spiro atoms. The fraction of sp³-hybridized carbons (Fsp3) is 0.200. The maximum absolute atomic E-state index is 12.7. The first kappa shape index (κ1) is 25.1. The summed E-state index contributed by atoms with van der Waals surface area (Å²) in [7, 11) is 0. The van der Waals surface area contributed by atoms with E-state index in [0.29, 0.717) is 35.1 Å². The third-order valence-corrected chi connectivity index (χ3v) is 5.00. The number of aromatic nitrogens is 1. The van der Waals surface area contributed by atoms with E-state index in [1.165, 1.54) is 12.3 Å². The number of alkyl halides is 3. The molecule has 0 radical (unpaired) electrons. The minimum absolute atomic E-state index is 0.181. The van der Waals surface area contributed by atoms with Crippen LogP contribution < -0.4 is 14.9 Å². The van der Waals surface area contributed by atoms with Gasteiger partial charge >= 0.3 is 6.18 Å². The van der Waals surface area contributed by atoms with Crippen molar-refractivity contribution in [2.75, 3.05) is 12.0 Å². The van der Waals surface area contributed by atoms with E-state index >= 15 is 0 Å². The third-order valence-electron chi connectivity index (χ3n) is 4.63. The van der Waals surface area contributed by atoms with Crippen molar-refractivity contribution < 1.29 is 22.6 Å². The molecule has 178 valence electrons. The maximum atomic E-state index is 12.7. The number of rotatable bonds is 10. The Balaban J connectivity index is 1.81. The molecule has 0 bridgehead atoms. The van der Waals surface area contributed by atoms with Gasteiger partial charge in [-0.3, -0.25) is 5.43 Å². The molecule has 0 aliphatic heterocycles. The van der Waals surface area contributed by atoms with Gasteiger partial charge in [0.15, 0.2) is 11.5 Å². The molecule has 0 saturated carbocycles. The molecular weight excluding hydrogens is 467 g/mol. The van der Waals surface area contributed by atoms with Crippen molar-refractivity contribution in [3.8, 4) is 11.5 Å². The number of ether oxygens (including phenoxy) is 2. The number of benzene rings is 2. The Labute approximate surface area is 200 Å². The molecule has 0 fully saturated rings. The molecule has 2 aromatic carbocycles. The number of hydrazone groups is 1. The van der Waals surface area contributed by atoms with Crippen LogP contribution >= 0.6 is 11.6 Å². The highest BCUT2D eigenvalue weighted by atomic mass is 35.5. The third kappa shape index (κ3) is 6.74. The minimum atomic E-state index is -4.44. The Morgan fingerprint density at radius 2 is 1.91 bits per heavy atom. The molecular formula is C25H23ClF3N3O2. The summed E-state index contributed by atoms with van der Waals surface area (Å²) in [5.74, 6) is 1.29. The van der Waals surface area contributed by atoms with Crippen molar-refractivity contribution in [2.45, 2.75) is 26.1 Å². The Morgan fingerprint density at radius 1 is 1.12 bits per heavy atom. The van der Waals surface area contributed by atoms with Crippen molar-refractivity contribution in [3.05, 3.63) is 94.7 Å². The summed E-state index contributed by atoms with van der Waals surface area (Å²) in [4.78, 5) is 3.73. The van der Waals surface area contributed by atoms with Gasteiger partial charge in [0, 0.05) is 22.3 Å². The summed E-state index contributed by atoms with van der Waals surface area (Å²) in [5.41, 5.74) is 4.17. The van der Waals surface area contributed by atoms with E-state index < -0.39 is 11.7 Å². The number of nitrogens with one attached hydrogen (secondary N) is 1. The minimum Gasteiger partial charge on any atom is -0.490 e. The highest BCUT2D eigenvalue weighted by Crippen LogP contribution is 2.35. The molecule has 1 N–H and O–H groups in total. The van der Waals surface area contributed by atoms with E-state index in [-0.39, 0.29) is 12.4 Å². The molecule has 0 amide bonds. The first-order valence-electron chi connectivity index (χ1n) is 10.4. The Bertz CT molecular complexity index is 1150. The zero-order valence-electron chi connectivity index (χ0n) is 18.4. The second kappa shape index (κ2) is 11.6. The van der Waals surface area contributed by atoms with Gasteiger partial charge in [0.25, 0.3) is 0 Å². The average molecular weight is 490 g/mol. The Hall–Kier alpha value is -3.52. The average Bonchev–Trinajstić information content (AvgIpc) is 2.80. The van der Waals surface area contributed by atoms with E-state index in [1.807, 2.05) is 31.2 Å². The fourth-order valence-corrected chi connectivity index (χ4v) is 3.25. The second-order valence-corrected chi connectivity index (χ2v) is 7.52. The zero-order valence-corrected chi connectivity index (χ0v) is 19.2. The van der Waals surface area contributed by atoms with E-state index in [1.54, 1.807) is 18.2 Å². The van der Waals surface area contributed by atoms with Crippen LogP contribution in [-0.2, 0) is 19.2 Å². The number of allylic oxidation sites excluding steroid dienone is 1. The normalized spacial score (nSPS) is 11.4. The number of anilines is 1. The summed E-state index contributed by atoms with van der Waals surface area (Å²) in [6, 6.07) is 13.2. The van der Waals surface area contributed by atoms with Gasteiger partial charge < -0.3 is 9.47 Å². The fourth-order valence-electron chi connectivity index (χ4n) is 3.06. The SMILES string of the molecule is C=CCc1cc(/C=N\Nc2ccc(C(F)(F)F)cn2)cc(OCC)c1OCc1ccccc1Cl. The predicted octanol–water partition coefficient (Wildman–Crippen LogP) is 6.91. The van der Waals surface area contributed by atoms with Crippen molar-refractivity contribution in [3.63, 3.8) is 0 Å². The standard InChI is InChI=1S/C25H23ClF3N3O2/c1-3-7-18-12-17(14-31-32-23-11-10-20(15-30-23)25(27,28)29)13-22(33-4-2)24(18)34-16-19-8-5-6-9-21(19)26/h3,5-6,8-15H,1,4,7,16H2,2H3,(H,30,32)/b31-14-. The first-order chi connectivity index (χ1) is 16.3. The smallest absolute Gasteiger partial charge is 0.417 e. The van der Waals surface area contributed by atoms with Crippen LogP contribution in [0.5, 0.6) is 11.5 Å². The zero-order chi connectivity index (χ0) is 24.6. The van der Waals surface area contributed by atoms with Crippen LogP contribution in [-0.4, -0.2) is 17.8 Å². The molecule has 34 heavy (non-hydrogen) atoms. The lowest BCUT2D eigenvalue weighted by atomic mass is 10.1. The predicted molar refractivity (Wildman–Crippen MR) is 128 cm³/mol. The van der Waals surface area contributed by atoms with E-state index in [0.717, 1.165) is 23.4 Å². The summed E-state index contributed by atoms with van der Waals surface area (Å²) in [6.07, 6.45) is 0.0958. The van der Waals surface area contributed by atoms with E-state index in [9.17, 15) is 13.2 Å². The molecule has 3 rings (SSSR count). The lowest BCUT2D eigenvalue weighted by molar-refractivity contribution is -0.137. The number of nitrogens with zero attached hydrogens (tertiary/aromatic N) is 2. The van der Waals surface area contributed by atoms with Gasteiger partial charge in [-0.2, -0.15) is 18.3 Å². The lowest BCUT2D eigenvalue weighted by Crippen LogP contribution is -2.06. The molecule has 1 aromatic heterocycles. The van der Waals surface area contributed by atoms with Crippen LogP contribution in [0.15, 0.2) is 72.5 Å². The summed E-state index contributed by atoms with van der Waals surface area (Å²) >= 11 is 6.24. The maximum Gasteiger partial charge on any atom is 0.417 e. The van der Waals surface area contributed by atoms with Crippen LogP contribution in [0.4, 0.5) is 19.0 Å². The van der Waals surface area contributed by atoms with Gasteiger partial charge in [-0.1, -0.05) is 35.9 Å². The first-order valence-corrected chi connectivity index (χ1v) is 10.8. The van der Waals surface area contributed by atoms with Crippen molar-refractivity contribution in [2.24, 2.45) is 5.10 Å². The van der Waals surface area contributed by atoms with Gasteiger partial charge in [-0.05, 0) is 49.2 Å². The molecule has 0 saturated heterocycles. The monoisotopic (exact) mass is 489 g/mol. The van der Waals surface area contributed by atoms with Gasteiger partial charge in [-0.25, -0.2) is 4.98 Å². The van der Waals surface area contributed by atoms with Crippen LogP contribution in [0, 0.1) is 0 Å².